The molecule has 0 saturated heterocycles. The molecule has 130 valence electrons. The molecule has 0 radical (unpaired) electrons. The number of hydrogen-bond acceptors (Lipinski definition) is 4. The number of carbonyl (C=O) groups is 1. The van der Waals surface area contributed by atoms with Crippen LogP contribution in [0, 0.1) is 13.8 Å². The number of aromatic nitrogens is 4. The lowest BCUT2D eigenvalue weighted by atomic mass is 10.2. The summed E-state index contributed by atoms with van der Waals surface area (Å²) in [6.07, 6.45) is 3.26. The van der Waals surface area contributed by atoms with Crippen LogP contribution in [0.25, 0.3) is 11.4 Å². The fourth-order valence-corrected chi connectivity index (χ4v) is 3.71. The van der Waals surface area contributed by atoms with Gasteiger partial charge in [0.15, 0.2) is 0 Å². The minimum absolute atomic E-state index is 0.112. The zero-order valence-corrected chi connectivity index (χ0v) is 15.2. The zero-order chi connectivity index (χ0) is 18.1. The van der Waals surface area contributed by atoms with E-state index < -0.39 is 0 Å². The molecule has 26 heavy (non-hydrogen) atoms. The lowest BCUT2D eigenvalue weighted by Gasteiger charge is -2.11. The molecule has 7 heteroatoms. The van der Waals surface area contributed by atoms with Crippen LogP contribution in [0.5, 0.6) is 0 Å². The minimum atomic E-state index is -0.112. The van der Waals surface area contributed by atoms with Crippen molar-refractivity contribution in [1.82, 2.24) is 19.3 Å². The summed E-state index contributed by atoms with van der Waals surface area (Å²) in [7, 11) is 0. The second-order valence-corrected chi connectivity index (χ2v) is 6.87. The van der Waals surface area contributed by atoms with Gasteiger partial charge in [0.1, 0.15) is 17.5 Å². The van der Waals surface area contributed by atoms with Crippen LogP contribution in [0.2, 0.25) is 0 Å². The number of rotatable bonds is 4. The number of hydrogen-bond donors (Lipinski definition) is 1. The van der Waals surface area contributed by atoms with Crippen LogP contribution < -0.4 is 5.32 Å². The van der Waals surface area contributed by atoms with Crippen molar-refractivity contribution in [2.24, 2.45) is 0 Å². The first-order valence-electron chi connectivity index (χ1n) is 8.13. The Morgan fingerprint density at radius 2 is 1.62 bits per heavy atom. The van der Waals surface area contributed by atoms with Crippen molar-refractivity contribution in [3.8, 4) is 11.4 Å². The number of carbonyl (C=O) groups excluding carboxylic acids is 1. The topological polar surface area (TPSA) is 64.7 Å². The lowest BCUT2D eigenvalue weighted by molar-refractivity contribution is 0.103. The Hall–Kier alpha value is -3.19. The first-order valence-corrected chi connectivity index (χ1v) is 9.00. The van der Waals surface area contributed by atoms with Gasteiger partial charge in [0.05, 0.1) is 5.69 Å². The molecular formula is C19H17N5OS. The molecule has 0 saturated carbocycles. The molecule has 4 aromatic rings. The first kappa shape index (κ1) is 16.3. The molecule has 4 rings (SSSR count). The molecule has 0 bridgehead atoms. The van der Waals surface area contributed by atoms with E-state index in [2.05, 4.69) is 32.2 Å². The molecule has 1 amide bonds. The van der Waals surface area contributed by atoms with Gasteiger partial charge in [-0.25, -0.2) is 0 Å². The van der Waals surface area contributed by atoms with Gasteiger partial charge in [0.2, 0.25) is 0 Å². The highest BCUT2D eigenvalue weighted by molar-refractivity contribution is 7.12. The number of thiophene rings is 1. The van der Waals surface area contributed by atoms with Gasteiger partial charge in [-0.3, -0.25) is 9.36 Å². The van der Waals surface area contributed by atoms with E-state index in [1.54, 1.807) is 17.2 Å². The molecule has 0 fully saturated rings. The van der Waals surface area contributed by atoms with Gasteiger partial charge in [-0.2, -0.15) is 0 Å². The summed E-state index contributed by atoms with van der Waals surface area (Å²) >= 11 is 1.44. The second kappa shape index (κ2) is 6.61. The molecule has 0 spiro atoms. The predicted molar refractivity (Wildman–Crippen MR) is 102 cm³/mol. The smallest absolute Gasteiger partial charge is 0.267 e. The first-order chi connectivity index (χ1) is 12.6. The number of nitrogens with one attached hydrogen (secondary N) is 1. The Morgan fingerprint density at radius 3 is 2.27 bits per heavy atom. The van der Waals surface area contributed by atoms with Crippen LogP contribution >= 0.6 is 11.3 Å². The van der Waals surface area contributed by atoms with Crippen molar-refractivity contribution in [3.05, 3.63) is 76.8 Å². The summed E-state index contributed by atoms with van der Waals surface area (Å²) in [5, 5.41) is 12.5. The molecule has 3 heterocycles. The molecule has 1 aromatic carbocycles. The highest BCUT2D eigenvalue weighted by Crippen LogP contribution is 2.26. The maximum absolute atomic E-state index is 12.8. The van der Waals surface area contributed by atoms with Gasteiger partial charge in [-0.15, -0.1) is 21.5 Å². The highest BCUT2D eigenvalue weighted by Gasteiger charge is 2.17. The molecule has 6 nitrogen and oxygen atoms in total. The Kier molecular flexibility index (Phi) is 4.14. The van der Waals surface area contributed by atoms with E-state index >= 15 is 0 Å². The third-order valence-corrected chi connectivity index (χ3v) is 5.11. The van der Waals surface area contributed by atoms with Gasteiger partial charge in [0.25, 0.3) is 5.91 Å². The van der Waals surface area contributed by atoms with Crippen LogP contribution in [0.15, 0.2) is 60.5 Å². The van der Waals surface area contributed by atoms with Gasteiger partial charge in [0, 0.05) is 22.8 Å². The van der Waals surface area contributed by atoms with Crippen LogP contribution in [-0.4, -0.2) is 25.2 Å². The maximum atomic E-state index is 12.8. The van der Waals surface area contributed by atoms with E-state index in [1.165, 1.54) is 11.3 Å². The fraction of sp³-hybridized carbons (Fsp3) is 0.105. The molecular weight excluding hydrogens is 346 g/mol. The highest BCUT2D eigenvalue weighted by atomic mass is 32.1. The Balaban J connectivity index is 1.57. The SMILES string of the molecule is Cc1ccc(C)n1-c1ccsc1C(=O)Nc1ccc(-n2cnnc2)cc1. The average molecular weight is 363 g/mol. The number of benzene rings is 1. The van der Waals surface area contributed by atoms with E-state index in [4.69, 9.17) is 0 Å². The monoisotopic (exact) mass is 363 g/mol. The normalized spacial score (nSPS) is 10.8. The molecule has 1 N–H and O–H groups in total. The Morgan fingerprint density at radius 1 is 0.962 bits per heavy atom. The molecule has 0 atom stereocenters. The molecule has 0 aliphatic rings. The van der Waals surface area contributed by atoms with E-state index in [1.807, 2.05) is 49.6 Å². The van der Waals surface area contributed by atoms with Crippen molar-refractivity contribution in [1.29, 1.82) is 0 Å². The Labute approximate surface area is 154 Å². The third-order valence-electron chi connectivity index (χ3n) is 4.20. The predicted octanol–water partition coefficient (Wildman–Crippen LogP) is 3.99. The number of aryl methyl sites for hydroxylation is 2. The minimum Gasteiger partial charge on any atom is -0.321 e. The summed E-state index contributed by atoms with van der Waals surface area (Å²) in [6, 6.07) is 13.6. The average Bonchev–Trinajstić information content (AvgIpc) is 3.37. The molecule has 0 aliphatic carbocycles. The summed E-state index contributed by atoms with van der Waals surface area (Å²) in [5.74, 6) is -0.112. The van der Waals surface area contributed by atoms with Gasteiger partial charge >= 0.3 is 0 Å². The van der Waals surface area contributed by atoms with Crippen LogP contribution in [0.3, 0.4) is 0 Å². The van der Waals surface area contributed by atoms with Crippen molar-refractivity contribution in [3.63, 3.8) is 0 Å². The molecule has 0 unspecified atom stereocenters. The van der Waals surface area contributed by atoms with Gasteiger partial charge in [-0.05, 0) is 61.7 Å². The maximum Gasteiger partial charge on any atom is 0.267 e. The number of anilines is 1. The van der Waals surface area contributed by atoms with E-state index in [9.17, 15) is 4.79 Å². The van der Waals surface area contributed by atoms with E-state index in [-0.39, 0.29) is 5.91 Å². The standard InChI is InChI=1S/C19H17N5OS/c1-13-3-4-14(2)24(13)17-9-10-26-18(17)19(25)22-15-5-7-16(8-6-15)23-11-20-21-12-23/h3-12H,1-2H3,(H,22,25). The van der Waals surface area contributed by atoms with Gasteiger partial charge in [-0.1, -0.05) is 0 Å². The quantitative estimate of drug-likeness (QED) is 0.596. The number of nitrogens with zero attached hydrogens (tertiary/aromatic N) is 4. The summed E-state index contributed by atoms with van der Waals surface area (Å²) in [4.78, 5) is 13.5. The lowest BCUT2D eigenvalue weighted by Crippen LogP contribution is -2.13. The third kappa shape index (κ3) is 2.93. The summed E-state index contributed by atoms with van der Waals surface area (Å²) in [5.41, 5.74) is 4.80. The summed E-state index contributed by atoms with van der Waals surface area (Å²) < 4.78 is 3.90. The van der Waals surface area contributed by atoms with E-state index in [0.29, 0.717) is 4.88 Å². The zero-order valence-electron chi connectivity index (χ0n) is 14.4. The van der Waals surface area contributed by atoms with Crippen molar-refractivity contribution < 1.29 is 4.79 Å². The van der Waals surface area contributed by atoms with E-state index in [0.717, 1.165) is 28.5 Å². The molecule has 0 aliphatic heterocycles. The molecule has 3 aromatic heterocycles. The largest absolute Gasteiger partial charge is 0.321 e. The van der Waals surface area contributed by atoms with Gasteiger partial charge < -0.3 is 9.88 Å². The summed E-state index contributed by atoms with van der Waals surface area (Å²) in [6.45, 7) is 4.08. The van der Waals surface area contributed by atoms with Crippen molar-refractivity contribution in [2.45, 2.75) is 13.8 Å². The van der Waals surface area contributed by atoms with Crippen molar-refractivity contribution in [2.75, 3.05) is 5.32 Å². The number of amides is 1. The Bertz CT molecular complexity index is 1020. The van der Waals surface area contributed by atoms with Crippen LogP contribution in [0.4, 0.5) is 5.69 Å². The van der Waals surface area contributed by atoms with Crippen LogP contribution in [-0.2, 0) is 0 Å². The van der Waals surface area contributed by atoms with Crippen molar-refractivity contribution >= 4 is 22.9 Å². The van der Waals surface area contributed by atoms with Crippen LogP contribution in [0.1, 0.15) is 21.1 Å². The fourth-order valence-electron chi connectivity index (χ4n) is 2.94. The second-order valence-electron chi connectivity index (χ2n) is 5.96.